The molecule has 0 saturated heterocycles. The number of benzene rings is 3. The van der Waals surface area contributed by atoms with Gasteiger partial charge in [-0.2, -0.15) is 22.0 Å². The molecule has 0 aromatic heterocycles. The highest BCUT2D eigenvalue weighted by Crippen LogP contribution is 2.44. The number of hydrogen-bond donors (Lipinski definition) is 1. The highest BCUT2D eigenvalue weighted by molar-refractivity contribution is 5.79. The van der Waals surface area contributed by atoms with Crippen LogP contribution in [0, 0.1) is 0 Å². The van der Waals surface area contributed by atoms with Crippen molar-refractivity contribution in [2.75, 3.05) is 13.2 Å². The minimum Gasteiger partial charge on any atom is -0.449 e. The van der Waals surface area contributed by atoms with E-state index in [0.717, 1.165) is 34.4 Å². The third-order valence-corrected chi connectivity index (χ3v) is 5.69. The predicted octanol–water partition coefficient (Wildman–Crippen LogP) is 7.16. The average molecular weight is 503 g/mol. The zero-order chi connectivity index (χ0) is 25.8. The fraction of sp³-hybridized carbons (Fsp3) is 0.222. The first kappa shape index (κ1) is 25.2. The van der Waals surface area contributed by atoms with Gasteiger partial charge in [-0.3, -0.25) is 0 Å². The van der Waals surface area contributed by atoms with Gasteiger partial charge in [0.05, 0.1) is 0 Å². The zero-order valence-electron chi connectivity index (χ0n) is 18.9. The Morgan fingerprint density at radius 1 is 0.861 bits per heavy atom. The lowest BCUT2D eigenvalue weighted by Gasteiger charge is -2.20. The Morgan fingerprint density at radius 3 is 2.03 bits per heavy atom. The molecule has 0 bridgehead atoms. The molecule has 1 aliphatic rings. The van der Waals surface area contributed by atoms with Gasteiger partial charge in [0.15, 0.2) is 0 Å². The fourth-order valence-corrected chi connectivity index (χ4v) is 3.98. The van der Waals surface area contributed by atoms with Crippen LogP contribution >= 0.6 is 0 Å². The first-order valence-electron chi connectivity index (χ1n) is 11.1. The highest BCUT2D eigenvalue weighted by Gasteiger charge is 2.61. The molecule has 3 aromatic rings. The van der Waals surface area contributed by atoms with Gasteiger partial charge in [0, 0.05) is 12.5 Å². The number of carbonyl (C=O) groups is 1. The minimum absolute atomic E-state index is 0.0360. The number of rotatable bonds is 8. The molecule has 0 radical (unpaired) electrons. The van der Waals surface area contributed by atoms with E-state index in [1.165, 1.54) is 12.1 Å². The molecule has 1 aliphatic carbocycles. The van der Waals surface area contributed by atoms with Gasteiger partial charge >= 0.3 is 18.4 Å². The first-order chi connectivity index (χ1) is 17.2. The van der Waals surface area contributed by atoms with Gasteiger partial charge in [0.2, 0.25) is 0 Å². The normalized spacial score (nSPS) is 13.4. The van der Waals surface area contributed by atoms with E-state index in [0.29, 0.717) is 18.5 Å². The number of nitrogens with one attached hydrogen (secondary N) is 1. The number of carbonyl (C=O) groups excluding carboxylic acids is 1. The summed E-state index contributed by atoms with van der Waals surface area (Å²) < 4.78 is 71.7. The first-order valence-corrected chi connectivity index (χ1v) is 11.1. The lowest BCUT2D eigenvalue weighted by Crippen LogP contribution is -2.41. The Labute approximate surface area is 204 Å². The largest absolute Gasteiger partial charge is 0.499 e. The molecule has 188 valence electrons. The second-order valence-corrected chi connectivity index (χ2v) is 8.13. The van der Waals surface area contributed by atoms with Crippen LogP contribution in [0.15, 0.2) is 78.9 Å². The van der Waals surface area contributed by atoms with E-state index in [4.69, 9.17) is 4.74 Å². The van der Waals surface area contributed by atoms with Crippen molar-refractivity contribution in [2.45, 2.75) is 24.6 Å². The van der Waals surface area contributed by atoms with Crippen LogP contribution in [0.4, 0.5) is 26.7 Å². The molecule has 0 atom stereocenters. The lowest BCUT2D eigenvalue weighted by atomic mass is 9.98. The van der Waals surface area contributed by atoms with E-state index in [1.807, 2.05) is 36.4 Å². The molecule has 1 N–H and O–H groups in total. The number of alkyl carbamates (subject to hydrolysis) is 1. The Balaban J connectivity index is 1.22. The molecule has 0 unspecified atom stereocenters. The van der Waals surface area contributed by atoms with Crippen LogP contribution in [0.2, 0.25) is 0 Å². The molecule has 4 nitrogen and oxygen atoms in total. The summed E-state index contributed by atoms with van der Waals surface area (Å²) in [5.41, 5.74) is 5.08. The maximum Gasteiger partial charge on any atom is 0.499 e. The Hall–Kier alpha value is -3.88. The summed E-state index contributed by atoms with van der Waals surface area (Å²) in [6.45, 7) is 0.504. The summed E-state index contributed by atoms with van der Waals surface area (Å²) in [6, 6.07) is 20.8. The van der Waals surface area contributed by atoms with Crippen molar-refractivity contribution in [3.05, 3.63) is 95.6 Å². The van der Waals surface area contributed by atoms with Crippen LogP contribution < -0.4 is 10.1 Å². The summed E-state index contributed by atoms with van der Waals surface area (Å²) in [6.07, 6.45) is -7.79. The maximum absolute atomic E-state index is 12.9. The monoisotopic (exact) mass is 503 g/mol. The van der Waals surface area contributed by atoms with Crippen LogP contribution in [0.25, 0.3) is 17.2 Å². The molecule has 0 fully saturated rings. The second-order valence-electron chi connectivity index (χ2n) is 8.13. The number of fused-ring (bicyclic) bond motifs is 3. The van der Waals surface area contributed by atoms with Crippen LogP contribution in [0.1, 0.15) is 29.0 Å². The third kappa shape index (κ3) is 5.67. The summed E-state index contributed by atoms with van der Waals surface area (Å²) in [5, 5.41) is 2.67. The van der Waals surface area contributed by atoms with Crippen LogP contribution in [-0.4, -0.2) is 31.5 Å². The maximum atomic E-state index is 12.9. The lowest BCUT2D eigenvalue weighted by molar-refractivity contribution is -0.360. The van der Waals surface area contributed by atoms with Crippen molar-refractivity contribution in [3.8, 4) is 16.9 Å². The van der Waals surface area contributed by atoms with Gasteiger partial charge < -0.3 is 14.8 Å². The quantitative estimate of drug-likeness (QED) is 0.262. The summed E-state index contributed by atoms with van der Waals surface area (Å²) >= 11 is 0. The minimum atomic E-state index is -5.80. The van der Waals surface area contributed by atoms with Crippen molar-refractivity contribution in [1.82, 2.24) is 5.32 Å². The Kier molecular flexibility index (Phi) is 7.28. The predicted molar refractivity (Wildman–Crippen MR) is 125 cm³/mol. The van der Waals surface area contributed by atoms with Crippen LogP contribution in [0.5, 0.6) is 5.75 Å². The Bertz CT molecular complexity index is 1190. The topological polar surface area (TPSA) is 47.6 Å². The molecule has 4 rings (SSSR count). The number of amides is 1. The van der Waals surface area contributed by atoms with Crippen molar-refractivity contribution < 1.29 is 36.2 Å². The van der Waals surface area contributed by atoms with Crippen molar-refractivity contribution in [2.24, 2.45) is 0 Å². The van der Waals surface area contributed by atoms with Gasteiger partial charge in [-0.05, 0) is 46.4 Å². The number of alkyl halides is 5. The Morgan fingerprint density at radius 2 is 1.44 bits per heavy atom. The smallest absolute Gasteiger partial charge is 0.449 e. The molecule has 0 spiro atoms. The standard InChI is InChI=1S/C27H22F5NO3/c28-26(29,30)27(31,32)36-19-14-12-18(13-15-19)7-5-6-16-33-25(34)35-17-24-22-10-3-1-8-20(22)21-9-2-4-11-23(21)24/h1-5,7-15,24H,6,16-17H2,(H,33,34). The van der Waals surface area contributed by atoms with Gasteiger partial charge in [0.1, 0.15) is 12.4 Å². The summed E-state index contributed by atoms with van der Waals surface area (Å²) in [7, 11) is 0. The highest BCUT2D eigenvalue weighted by atomic mass is 19.4. The van der Waals surface area contributed by atoms with Crippen molar-refractivity contribution in [3.63, 3.8) is 0 Å². The van der Waals surface area contributed by atoms with E-state index in [-0.39, 0.29) is 12.5 Å². The van der Waals surface area contributed by atoms with E-state index in [2.05, 4.69) is 22.2 Å². The molecule has 0 aliphatic heterocycles. The summed E-state index contributed by atoms with van der Waals surface area (Å²) in [5.74, 6) is -0.641. The van der Waals surface area contributed by atoms with E-state index < -0.39 is 24.1 Å². The second kappa shape index (κ2) is 10.4. The van der Waals surface area contributed by atoms with Gasteiger partial charge in [-0.15, -0.1) is 0 Å². The molecule has 0 saturated carbocycles. The third-order valence-electron chi connectivity index (χ3n) is 5.69. The van der Waals surface area contributed by atoms with Gasteiger partial charge in [-0.1, -0.05) is 72.8 Å². The van der Waals surface area contributed by atoms with E-state index in [9.17, 15) is 26.7 Å². The number of halogens is 5. The van der Waals surface area contributed by atoms with Gasteiger partial charge in [0.25, 0.3) is 0 Å². The number of ether oxygens (including phenoxy) is 2. The van der Waals surface area contributed by atoms with Crippen LogP contribution in [-0.2, 0) is 4.74 Å². The molecular weight excluding hydrogens is 481 g/mol. The molecule has 9 heteroatoms. The molecule has 3 aromatic carbocycles. The molecule has 0 heterocycles. The average Bonchev–Trinajstić information content (AvgIpc) is 3.16. The summed E-state index contributed by atoms with van der Waals surface area (Å²) in [4.78, 5) is 12.2. The van der Waals surface area contributed by atoms with Crippen molar-refractivity contribution in [1.29, 1.82) is 0 Å². The molecule has 1 amide bonds. The molecular formula is C27H22F5NO3. The van der Waals surface area contributed by atoms with E-state index in [1.54, 1.807) is 12.2 Å². The number of hydrogen-bond acceptors (Lipinski definition) is 3. The van der Waals surface area contributed by atoms with Gasteiger partial charge in [-0.25, -0.2) is 4.79 Å². The van der Waals surface area contributed by atoms with E-state index >= 15 is 0 Å². The SMILES string of the molecule is O=C(NCCC=Cc1ccc(OC(F)(F)C(F)(F)F)cc1)OCC1c2ccccc2-c2ccccc21. The fourth-order valence-electron chi connectivity index (χ4n) is 3.98. The zero-order valence-corrected chi connectivity index (χ0v) is 18.9. The molecule has 36 heavy (non-hydrogen) atoms. The van der Waals surface area contributed by atoms with Crippen molar-refractivity contribution >= 4 is 12.2 Å². The van der Waals surface area contributed by atoms with Crippen LogP contribution in [0.3, 0.4) is 0 Å².